The summed E-state index contributed by atoms with van der Waals surface area (Å²) >= 11 is 1.63. The molecule has 1 amide bonds. The van der Waals surface area contributed by atoms with Crippen molar-refractivity contribution in [3.8, 4) is 11.3 Å². The molecule has 2 aromatic rings. The highest BCUT2D eigenvalue weighted by atomic mass is 32.1. The highest BCUT2D eigenvalue weighted by Gasteiger charge is 2.25. The van der Waals surface area contributed by atoms with Crippen LogP contribution in [-0.4, -0.2) is 24.5 Å². The molecule has 0 spiro atoms. The van der Waals surface area contributed by atoms with Crippen molar-refractivity contribution in [2.24, 2.45) is 5.41 Å². The number of carbonyl (C=O) groups excluding carboxylic acids is 1. The van der Waals surface area contributed by atoms with E-state index in [0.717, 1.165) is 16.3 Å². The number of amides is 1. The van der Waals surface area contributed by atoms with E-state index in [2.05, 4.69) is 33.1 Å². The molecule has 0 saturated heterocycles. The highest BCUT2D eigenvalue weighted by molar-refractivity contribution is 7.09. The van der Waals surface area contributed by atoms with Crippen molar-refractivity contribution in [3.63, 3.8) is 0 Å². The van der Waals surface area contributed by atoms with Gasteiger partial charge in [0.15, 0.2) is 0 Å². The van der Waals surface area contributed by atoms with E-state index in [1.54, 1.807) is 18.4 Å². The zero-order valence-electron chi connectivity index (χ0n) is 12.6. The summed E-state index contributed by atoms with van der Waals surface area (Å²) in [6.07, 6.45) is 0. The van der Waals surface area contributed by atoms with Gasteiger partial charge < -0.3 is 10.6 Å². The molecular formula is C16H21N3OS. The summed E-state index contributed by atoms with van der Waals surface area (Å²) in [5.41, 5.74) is 1.71. The van der Waals surface area contributed by atoms with Gasteiger partial charge in [-0.3, -0.25) is 4.79 Å². The molecule has 0 fully saturated rings. The van der Waals surface area contributed by atoms with Crippen LogP contribution in [0.4, 0.5) is 0 Å². The smallest absolute Gasteiger partial charge is 0.226 e. The van der Waals surface area contributed by atoms with E-state index in [-0.39, 0.29) is 5.91 Å². The summed E-state index contributed by atoms with van der Waals surface area (Å²) < 4.78 is 0. The molecule has 0 aliphatic heterocycles. The molecule has 1 aromatic heterocycles. The second-order valence-electron chi connectivity index (χ2n) is 5.56. The fourth-order valence-corrected chi connectivity index (χ4v) is 2.81. The van der Waals surface area contributed by atoms with Gasteiger partial charge in [-0.1, -0.05) is 30.3 Å². The first-order valence-electron chi connectivity index (χ1n) is 6.95. The van der Waals surface area contributed by atoms with Gasteiger partial charge in [-0.2, -0.15) is 0 Å². The molecule has 5 heteroatoms. The first-order valence-corrected chi connectivity index (χ1v) is 7.83. The predicted octanol–water partition coefficient (Wildman–Crippen LogP) is 2.67. The van der Waals surface area contributed by atoms with Crippen LogP contribution in [0, 0.1) is 5.41 Å². The molecule has 1 heterocycles. The first kappa shape index (κ1) is 15.7. The van der Waals surface area contributed by atoms with Crippen LogP contribution in [-0.2, 0) is 11.3 Å². The second-order valence-corrected chi connectivity index (χ2v) is 6.50. The van der Waals surface area contributed by atoms with Crippen molar-refractivity contribution >= 4 is 17.2 Å². The standard InChI is InChI=1S/C16H21N3OS/c1-16(2,15(20)17-3)11-18-9-14-19-13(10-21-14)12-7-5-4-6-8-12/h4-8,10,18H,9,11H2,1-3H3,(H,17,20). The Labute approximate surface area is 129 Å². The van der Waals surface area contributed by atoms with Gasteiger partial charge in [-0.25, -0.2) is 4.98 Å². The topological polar surface area (TPSA) is 54.0 Å². The lowest BCUT2D eigenvalue weighted by atomic mass is 9.92. The second kappa shape index (κ2) is 6.83. The van der Waals surface area contributed by atoms with Crippen LogP contribution in [0.5, 0.6) is 0 Å². The van der Waals surface area contributed by atoms with Crippen LogP contribution in [0.15, 0.2) is 35.7 Å². The first-order chi connectivity index (χ1) is 10.0. The quantitative estimate of drug-likeness (QED) is 0.862. The van der Waals surface area contributed by atoms with Gasteiger partial charge in [-0.05, 0) is 13.8 Å². The molecule has 0 atom stereocenters. The van der Waals surface area contributed by atoms with E-state index < -0.39 is 5.41 Å². The van der Waals surface area contributed by atoms with Gasteiger partial charge in [0, 0.05) is 31.1 Å². The van der Waals surface area contributed by atoms with Gasteiger partial charge in [0.1, 0.15) is 5.01 Å². The third kappa shape index (κ3) is 4.12. The Kier molecular flexibility index (Phi) is 5.09. The summed E-state index contributed by atoms with van der Waals surface area (Å²) in [6.45, 7) is 5.15. The number of thiazole rings is 1. The fourth-order valence-electron chi connectivity index (χ4n) is 2.03. The Bertz CT molecular complexity index is 593. The monoisotopic (exact) mass is 303 g/mol. The van der Waals surface area contributed by atoms with E-state index in [9.17, 15) is 4.79 Å². The van der Waals surface area contributed by atoms with Crippen LogP contribution in [0.2, 0.25) is 0 Å². The summed E-state index contributed by atoms with van der Waals surface area (Å²) in [5.74, 6) is 0.0408. The van der Waals surface area contributed by atoms with Crippen molar-refractivity contribution in [2.75, 3.05) is 13.6 Å². The number of hydrogen-bond acceptors (Lipinski definition) is 4. The van der Waals surface area contributed by atoms with E-state index in [1.165, 1.54) is 0 Å². The molecule has 112 valence electrons. The fraction of sp³-hybridized carbons (Fsp3) is 0.375. The molecule has 4 nitrogen and oxygen atoms in total. The van der Waals surface area contributed by atoms with Crippen molar-refractivity contribution < 1.29 is 4.79 Å². The maximum Gasteiger partial charge on any atom is 0.226 e. The van der Waals surface area contributed by atoms with Crippen LogP contribution < -0.4 is 10.6 Å². The predicted molar refractivity (Wildman–Crippen MR) is 87.1 cm³/mol. The Morgan fingerprint density at radius 1 is 1.29 bits per heavy atom. The van der Waals surface area contributed by atoms with E-state index >= 15 is 0 Å². The van der Waals surface area contributed by atoms with Gasteiger partial charge in [-0.15, -0.1) is 11.3 Å². The summed E-state index contributed by atoms with van der Waals surface area (Å²) in [6, 6.07) is 10.1. The number of nitrogens with zero attached hydrogens (tertiary/aromatic N) is 1. The minimum atomic E-state index is -0.422. The van der Waals surface area contributed by atoms with E-state index in [4.69, 9.17) is 0 Å². The van der Waals surface area contributed by atoms with Crippen molar-refractivity contribution in [3.05, 3.63) is 40.7 Å². The Morgan fingerprint density at radius 3 is 2.67 bits per heavy atom. The minimum absolute atomic E-state index is 0.0408. The van der Waals surface area contributed by atoms with Crippen molar-refractivity contribution in [1.29, 1.82) is 0 Å². The van der Waals surface area contributed by atoms with Crippen LogP contribution >= 0.6 is 11.3 Å². The third-order valence-corrected chi connectivity index (χ3v) is 4.16. The average molecular weight is 303 g/mol. The lowest BCUT2D eigenvalue weighted by molar-refractivity contribution is -0.128. The number of rotatable bonds is 6. The van der Waals surface area contributed by atoms with Gasteiger partial charge in [0.2, 0.25) is 5.91 Å². The summed E-state index contributed by atoms with van der Waals surface area (Å²) in [5, 5.41) is 9.09. The molecule has 2 rings (SSSR count). The molecule has 1 aromatic carbocycles. The Morgan fingerprint density at radius 2 is 2.00 bits per heavy atom. The molecule has 0 radical (unpaired) electrons. The summed E-state index contributed by atoms with van der Waals surface area (Å²) in [4.78, 5) is 16.3. The molecule has 2 N–H and O–H groups in total. The highest BCUT2D eigenvalue weighted by Crippen LogP contribution is 2.21. The lowest BCUT2D eigenvalue weighted by Crippen LogP contribution is -2.41. The molecule has 0 unspecified atom stereocenters. The van der Waals surface area contributed by atoms with Gasteiger partial charge in [0.25, 0.3) is 0 Å². The van der Waals surface area contributed by atoms with Gasteiger partial charge in [0.05, 0.1) is 11.1 Å². The largest absolute Gasteiger partial charge is 0.359 e. The maximum absolute atomic E-state index is 11.7. The zero-order valence-corrected chi connectivity index (χ0v) is 13.5. The number of nitrogens with one attached hydrogen (secondary N) is 2. The molecule has 0 aliphatic carbocycles. The number of aromatic nitrogens is 1. The van der Waals surface area contributed by atoms with E-state index in [0.29, 0.717) is 13.1 Å². The van der Waals surface area contributed by atoms with Gasteiger partial charge >= 0.3 is 0 Å². The Balaban J connectivity index is 1.91. The van der Waals surface area contributed by atoms with Crippen molar-refractivity contribution in [2.45, 2.75) is 20.4 Å². The van der Waals surface area contributed by atoms with E-state index in [1.807, 2.05) is 32.0 Å². The molecule has 0 saturated carbocycles. The maximum atomic E-state index is 11.7. The third-order valence-electron chi connectivity index (χ3n) is 3.31. The number of benzene rings is 1. The lowest BCUT2D eigenvalue weighted by Gasteiger charge is -2.22. The zero-order chi connectivity index (χ0) is 15.3. The van der Waals surface area contributed by atoms with Crippen LogP contribution in [0.25, 0.3) is 11.3 Å². The molecule has 21 heavy (non-hydrogen) atoms. The average Bonchev–Trinajstić information content (AvgIpc) is 2.96. The Hall–Kier alpha value is -1.72. The number of hydrogen-bond donors (Lipinski definition) is 2. The molecule has 0 aliphatic rings. The SMILES string of the molecule is CNC(=O)C(C)(C)CNCc1nc(-c2ccccc2)cs1. The summed E-state index contributed by atoms with van der Waals surface area (Å²) in [7, 11) is 1.66. The number of carbonyl (C=O) groups is 1. The molecule has 0 bridgehead atoms. The molecular weight excluding hydrogens is 282 g/mol. The minimum Gasteiger partial charge on any atom is -0.359 e. The normalized spacial score (nSPS) is 11.4. The van der Waals surface area contributed by atoms with Crippen LogP contribution in [0.1, 0.15) is 18.9 Å². The van der Waals surface area contributed by atoms with Crippen LogP contribution in [0.3, 0.4) is 0 Å². The van der Waals surface area contributed by atoms with Crippen molar-refractivity contribution in [1.82, 2.24) is 15.6 Å².